The van der Waals surface area contributed by atoms with Gasteiger partial charge in [-0.3, -0.25) is 0 Å². The third-order valence-electron chi connectivity index (χ3n) is 6.19. The smallest absolute Gasteiger partial charge is 0.0144 e. The molecule has 0 amide bonds. The van der Waals surface area contributed by atoms with E-state index in [0.29, 0.717) is 16.9 Å². The number of nitrogens with two attached hydrogens (primary N) is 1. The average Bonchev–Trinajstić information content (AvgIpc) is 2.78. The van der Waals surface area contributed by atoms with Gasteiger partial charge in [-0.25, -0.2) is 0 Å². The molecule has 3 atom stereocenters. The fourth-order valence-electron chi connectivity index (χ4n) is 6.09. The first-order valence-electron chi connectivity index (χ1n) is 7.85. The topological polar surface area (TPSA) is 26.0 Å². The van der Waals surface area contributed by atoms with Crippen LogP contribution in [-0.2, 0) is 6.42 Å². The molecule has 1 heterocycles. The predicted octanol–water partition coefficient (Wildman–Crippen LogP) is 4.22. The third kappa shape index (κ3) is 1.99. The van der Waals surface area contributed by atoms with E-state index in [9.17, 15) is 0 Å². The molecule has 2 heteroatoms. The quantitative estimate of drug-likeness (QED) is 0.878. The van der Waals surface area contributed by atoms with Gasteiger partial charge < -0.3 is 5.73 Å². The minimum Gasteiger partial charge on any atom is -0.327 e. The van der Waals surface area contributed by atoms with E-state index in [4.69, 9.17) is 5.73 Å². The molecule has 4 aliphatic carbocycles. The van der Waals surface area contributed by atoms with Gasteiger partial charge >= 0.3 is 0 Å². The molecule has 104 valence electrons. The van der Waals surface area contributed by atoms with Crippen molar-refractivity contribution >= 4 is 11.3 Å². The van der Waals surface area contributed by atoms with E-state index in [1.165, 1.54) is 43.4 Å². The lowest BCUT2D eigenvalue weighted by atomic mass is 9.43. The lowest BCUT2D eigenvalue weighted by molar-refractivity contribution is -0.112. The van der Waals surface area contributed by atoms with Crippen LogP contribution in [0.15, 0.2) is 17.5 Å². The fourth-order valence-corrected chi connectivity index (χ4v) is 6.86. The largest absolute Gasteiger partial charge is 0.327 e. The highest BCUT2D eigenvalue weighted by Crippen LogP contribution is 2.66. The summed E-state index contributed by atoms with van der Waals surface area (Å²) >= 11 is 1.87. The summed E-state index contributed by atoms with van der Waals surface area (Å²) in [6, 6.07) is 4.80. The summed E-state index contributed by atoms with van der Waals surface area (Å²) < 4.78 is 0. The molecule has 1 nitrogen and oxygen atoms in total. The fraction of sp³-hybridized carbons (Fsp3) is 0.765. The van der Waals surface area contributed by atoms with Gasteiger partial charge in [-0.05, 0) is 79.1 Å². The Bertz CT molecular complexity index is 450. The van der Waals surface area contributed by atoms with E-state index in [2.05, 4.69) is 24.4 Å². The van der Waals surface area contributed by atoms with Crippen molar-refractivity contribution in [2.24, 2.45) is 28.4 Å². The van der Waals surface area contributed by atoms with Gasteiger partial charge in [0.15, 0.2) is 0 Å². The first kappa shape index (κ1) is 12.4. The lowest BCUT2D eigenvalue weighted by Crippen LogP contribution is -2.58. The van der Waals surface area contributed by atoms with Gasteiger partial charge in [-0.1, -0.05) is 13.0 Å². The monoisotopic (exact) mass is 275 g/mol. The molecule has 4 bridgehead atoms. The predicted molar refractivity (Wildman–Crippen MR) is 81.2 cm³/mol. The van der Waals surface area contributed by atoms with E-state index in [1.807, 2.05) is 11.3 Å². The molecule has 3 unspecified atom stereocenters. The van der Waals surface area contributed by atoms with Crippen LogP contribution in [-0.4, -0.2) is 6.04 Å². The van der Waals surface area contributed by atoms with Gasteiger partial charge in [0.2, 0.25) is 0 Å². The van der Waals surface area contributed by atoms with Crippen LogP contribution >= 0.6 is 11.3 Å². The number of hydrogen-bond donors (Lipinski definition) is 1. The minimum atomic E-state index is 0.386. The van der Waals surface area contributed by atoms with Gasteiger partial charge in [-0.15, -0.1) is 11.3 Å². The molecule has 2 N–H and O–H groups in total. The van der Waals surface area contributed by atoms with Crippen LogP contribution in [0.25, 0.3) is 0 Å². The van der Waals surface area contributed by atoms with Gasteiger partial charge in [0, 0.05) is 10.9 Å². The number of thiophene rings is 1. The van der Waals surface area contributed by atoms with Gasteiger partial charge in [0.1, 0.15) is 0 Å². The molecular weight excluding hydrogens is 250 g/mol. The van der Waals surface area contributed by atoms with Crippen LogP contribution in [0.1, 0.15) is 50.3 Å². The van der Waals surface area contributed by atoms with Crippen LogP contribution in [0.2, 0.25) is 0 Å². The normalized spacial score (nSPS) is 45.6. The summed E-state index contributed by atoms with van der Waals surface area (Å²) in [6.07, 6.45) is 9.82. The molecule has 0 radical (unpaired) electrons. The summed E-state index contributed by atoms with van der Waals surface area (Å²) in [5.41, 5.74) is 7.83. The molecule has 0 spiro atoms. The maximum Gasteiger partial charge on any atom is 0.0144 e. The van der Waals surface area contributed by atoms with Crippen LogP contribution < -0.4 is 5.73 Å². The molecule has 0 saturated heterocycles. The van der Waals surface area contributed by atoms with Crippen LogP contribution in [0.5, 0.6) is 0 Å². The summed E-state index contributed by atoms with van der Waals surface area (Å²) in [5, 5.41) is 2.18. The van der Waals surface area contributed by atoms with Crippen molar-refractivity contribution in [2.45, 2.75) is 57.9 Å². The van der Waals surface area contributed by atoms with Crippen molar-refractivity contribution in [2.75, 3.05) is 0 Å². The SMILES string of the molecule is CC12CC3CC(C1)CC(C(N)Cc1cccs1)(C3)C2. The van der Waals surface area contributed by atoms with Crippen molar-refractivity contribution in [3.8, 4) is 0 Å². The van der Waals surface area contributed by atoms with E-state index in [1.54, 1.807) is 0 Å². The second-order valence-electron chi connectivity index (χ2n) is 8.02. The van der Waals surface area contributed by atoms with Crippen LogP contribution in [0.3, 0.4) is 0 Å². The molecule has 4 aliphatic rings. The Hall–Kier alpha value is -0.340. The second kappa shape index (κ2) is 4.08. The lowest BCUT2D eigenvalue weighted by Gasteiger charge is -2.63. The van der Waals surface area contributed by atoms with Gasteiger partial charge in [-0.2, -0.15) is 0 Å². The Morgan fingerprint density at radius 3 is 2.63 bits per heavy atom. The third-order valence-corrected chi connectivity index (χ3v) is 7.09. The molecule has 4 fully saturated rings. The molecule has 1 aromatic heterocycles. The highest BCUT2D eigenvalue weighted by molar-refractivity contribution is 7.09. The molecule has 4 saturated carbocycles. The first-order chi connectivity index (χ1) is 9.07. The van der Waals surface area contributed by atoms with E-state index in [0.717, 1.165) is 18.3 Å². The second-order valence-corrected chi connectivity index (χ2v) is 9.06. The Kier molecular flexibility index (Phi) is 2.66. The standard InChI is InChI=1S/C17H25NS/c1-16-7-12-5-13(8-16)10-17(9-12,11-16)15(18)6-14-3-2-4-19-14/h2-4,12-13,15H,5-11,18H2,1H3. The Morgan fingerprint density at radius 1 is 1.32 bits per heavy atom. The van der Waals surface area contributed by atoms with Crippen molar-refractivity contribution in [1.29, 1.82) is 0 Å². The summed E-state index contributed by atoms with van der Waals surface area (Å²) in [4.78, 5) is 1.48. The number of hydrogen-bond acceptors (Lipinski definition) is 2. The molecule has 19 heavy (non-hydrogen) atoms. The highest BCUT2D eigenvalue weighted by Gasteiger charge is 2.57. The maximum atomic E-state index is 6.73. The maximum absolute atomic E-state index is 6.73. The van der Waals surface area contributed by atoms with Crippen LogP contribution in [0, 0.1) is 22.7 Å². The Labute approximate surface area is 120 Å². The van der Waals surface area contributed by atoms with Gasteiger partial charge in [0.25, 0.3) is 0 Å². The summed E-state index contributed by atoms with van der Waals surface area (Å²) in [5.74, 6) is 1.97. The van der Waals surface area contributed by atoms with Crippen molar-refractivity contribution in [3.05, 3.63) is 22.4 Å². The molecular formula is C17H25NS. The Morgan fingerprint density at radius 2 is 2.05 bits per heavy atom. The molecule has 5 rings (SSSR count). The van der Waals surface area contributed by atoms with Gasteiger partial charge in [0.05, 0.1) is 0 Å². The highest BCUT2D eigenvalue weighted by atomic mass is 32.1. The molecule has 0 aromatic carbocycles. The van der Waals surface area contributed by atoms with Crippen LogP contribution in [0.4, 0.5) is 0 Å². The zero-order valence-electron chi connectivity index (χ0n) is 11.9. The van der Waals surface area contributed by atoms with Crippen molar-refractivity contribution < 1.29 is 0 Å². The summed E-state index contributed by atoms with van der Waals surface area (Å²) in [7, 11) is 0. The van der Waals surface area contributed by atoms with E-state index in [-0.39, 0.29) is 0 Å². The number of rotatable bonds is 3. The van der Waals surface area contributed by atoms with Crippen molar-refractivity contribution in [3.63, 3.8) is 0 Å². The van der Waals surface area contributed by atoms with E-state index < -0.39 is 0 Å². The molecule has 0 aliphatic heterocycles. The first-order valence-corrected chi connectivity index (χ1v) is 8.73. The average molecular weight is 275 g/mol. The molecule has 1 aromatic rings. The Balaban J connectivity index is 1.59. The zero-order chi connectivity index (χ0) is 13.1. The zero-order valence-corrected chi connectivity index (χ0v) is 12.7. The summed E-state index contributed by atoms with van der Waals surface area (Å²) in [6.45, 7) is 2.54. The van der Waals surface area contributed by atoms with E-state index >= 15 is 0 Å². The minimum absolute atomic E-state index is 0.386. The van der Waals surface area contributed by atoms with Crippen molar-refractivity contribution in [1.82, 2.24) is 0 Å².